The zero-order valence-electron chi connectivity index (χ0n) is 19.0. The molecule has 0 aliphatic heterocycles. The molecular formula is C22H45NaO4S. The van der Waals surface area contributed by atoms with Crippen LogP contribution in [0.1, 0.15) is 129 Å². The molecule has 0 saturated carbocycles. The molecule has 0 fully saturated rings. The van der Waals surface area contributed by atoms with E-state index in [9.17, 15) is 18.1 Å². The fourth-order valence-electron chi connectivity index (χ4n) is 3.63. The summed E-state index contributed by atoms with van der Waals surface area (Å²) in [6.07, 6.45) is 18.4. The van der Waals surface area contributed by atoms with E-state index in [1.165, 1.54) is 38.5 Å². The van der Waals surface area contributed by atoms with Gasteiger partial charge in [-0.25, -0.2) is 8.42 Å². The zero-order chi connectivity index (χ0) is 20.4. The van der Waals surface area contributed by atoms with Crippen molar-refractivity contribution in [2.24, 2.45) is 0 Å². The number of aliphatic hydroxyl groups is 1. The van der Waals surface area contributed by atoms with Crippen molar-refractivity contribution in [3.8, 4) is 0 Å². The average molecular weight is 429 g/mol. The van der Waals surface area contributed by atoms with Crippen molar-refractivity contribution < 1.29 is 47.6 Å². The number of hydrogen-bond donors (Lipinski definition) is 1. The molecule has 0 aliphatic rings. The van der Waals surface area contributed by atoms with Crippen LogP contribution in [0.5, 0.6) is 0 Å². The van der Waals surface area contributed by atoms with Gasteiger partial charge in [0.2, 0.25) is 0 Å². The molecule has 4 nitrogen and oxygen atoms in total. The molecule has 164 valence electrons. The van der Waals surface area contributed by atoms with Crippen molar-refractivity contribution >= 4 is 10.1 Å². The monoisotopic (exact) mass is 428 g/mol. The van der Waals surface area contributed by atoms with Gasteiger partial charge in [0.05, 0.1) is 16.2 Å². The van der Waals surface area contributed by atoms with Crippen LogP contribution in [0.3, 0.4) is 0 Å². The maximum atomic E-state index is 11.3. The van der Waals surface area contributed by atoms with E-state index in [-0.39, 0.29) is 35.7 Å². The maximum absolute atomic E-state index is 11.3. The zero-order valence-corrected chi connectivity index (χ0v) is 21.8. The molecule has 0 amide bonds. The maximum Gasteiger partial charge on any atom is 1.00 e. The molecule has 2 unspecified atom stereocenters. The smallest absolute Gasteiger partial charge is 0.748 e. The second kappa shape index (κ2) is 21.1. The molecule has 0 aromatic carbocycles. The number of aliphatic hydroxyl groups excluding tert-OH is 1. The van der Waals surface area contributed by atoms with E-state index in [2.05, 4.69) is 6.92 Å². The van der Waals surface area contributed by atoms with Gasteiger partial charge in [-0.05, 0) is 25.7 Å². The minimum atomic E-state index is -4.14. The molecular weight excluding hydrogens is 383 g/mol. The summed E-state index contributed by atoms with van der Waals surface area (Å²) in [5.41, 5.74) is 0. The molecule has 0 radical (unpaired) electrons. The third-order valence-corrected chi connectivity index (χ3v) is 6.78. The number of hydrogen-bond acceptors (Lipinski definition) is 4. The fraction of sp³-hybridized carbons (Fsp3) is 1.00. The first-order valence-corrected chi connectivity index (χ1v) is 13.0. The van der Waals surface area contributed by atoms with Crippen LogP contribution in [0, 0.1) is 0 Å². The quantitative estimate of drug-likeness (QED) is 0.183. The van der Waals surface area contributed by atoms with Crippen molar-refractivity contribution in [3.63, 3.8) is 0 Å². The van der Waals surface area contributed by atoms with Crippen molar-refractivity contribution in [2.45, 2.75) is 141 Å². The Labute approximate surface area is 197 Å². The Kier molecular flexibility index (Phi) is 23.4. The SMILES string of the molecule is CCCCCCCC(O)CCCCCCCCCC(CCCC)S(=O)(=O)[O-].[Na+]. The average Bonchev–Trinajstić information content (AvgIpc) is 2.61. The molecule has 0 bridgehead atoms. The van der Waals surface area contributed by atoms with Crippen LogP contribution in [-0.4, -0.2) is 29.4 Å². The van der Waals surface area contributed by atoms with Gasteiger partial charge in [-0.1, -0.05) is 104 Å². The Morgan fingerprint density at radius 1 is 0.643 bits per heavy atom. The topological polar surface area (TPSA) is 77.4 Å². The molecule has 28 heavy (non-hydrogen) atoms. The minimum absolute atomic E-state index is 0. The first-order valence-electron chi connectivity index (χ1n) is 11.5. The third-order valence-electron chi connectivity index (χ3n) is 5.49. The minimum Gasteiger partial charge on any atom is -0.748 e. The van der Waals surface area contributed by atoms with Gasteiger partial charge in [0.15, 0.2) is 0 Å². The standard InChI is InChI=1S/C22H46O4S.Na/c1-3-5-7-11-14-17-21(23)18-15-12-9-8-10-13-16-20-22(19-6-4-2)27(24,25)26;/h21-23H,3-20H2,1-2H3,(H,24,25,26);/q;+1/p-1. The summed E-state index contributed by atoms with van der Waals surface area (Å²) in [5, 5.41) is 9.30. The summed E-state index contributed by atoms with van der Waals surface area (Å²) in [4.78, 5) is 0. The molecule has 0 aromatic heterocycles. The van der Waals surface area contributed by atoms with Crippen LogP contribution < -0.4 is 29.6 Å². The molecule has 0 spiro atoms. The van der Waals surface area contributed by atoms with Gasteiger partial charge < -0.3 is 9.66 Å². The Hall–Kier alpha value is 0.870. The van der Waals surface area contributed by atoms with Gasteiger partial charge >= 0.3 is 29.6 Å². The van der Waals surface area contributed by atoms with E-state index in [1.807, 2.05) is 6.92 Å². The molecule has 0 heterocycles. The summed E-state index contributed by atoms with van der Waals surface area (Å²) < 4.78 is 33.8. The van der Waals surface area contributed by atoms with Crippen molar-refractivity contribution in [2.75, 3.05) is 0 Å². The first-order chi connectivity index (χ1) is 12.9. The molecule has 0 rings (SSSR count). The van der Waals surface area contributed by atoms with E-state index in [0.717, 1.165) is 64.2 Å². The fourth-order valence-corrected chi connectivity index (χ4v) is 4.54. The molecule has 1 N–H and O–H groups in total. The van der Waals surface area contributed by atoms with Crippen molar-refractivity contribution in [1.29, 1.82) is 0 Å². The van der Waals surface area contributed by atoms with Crippen molar-refractivity contribution in [1.82, 2.24) is 0 Å². The molecule has 0 aromatic rings. The Morgan fingerprint density at radius 2 is 1.00 bits per heavy atom. The predicted molar refractivity (Wildman–Crippen MR) is 114 cm³/mol. The number of rotatable bonds is 20. The van der Waals surface area contributed by atoms with Gasteiger partial charge in [0.25, 0.3) is 0 Å². The largest absolute Gasteiger partial charge is 1.00 e. The summed E-state index contributed by atoms with van der Waals surface area (Å²) in [7, 11) is -4.14. The predicted octanol–water partition coefficient (Wildman–Crippen LogP) is 3.33. The van der Waals surface area contributed by atoms with E-state index >= 15 is 0 Å². The molecule has 2 atom stereocenters. The summed E-state index contributed by atoms with van der Waals surface area (Å²) in [6, 6.07) is 0. The number of unbranched alkanes of at least 4 members (excludes halogenated alkanes) is 11. The third kappa shape index (κ3) is 20.2. The van der Waals surface area contributed by atoms with Gasteiger partial charge in [-0.2, -0.15) is 0 Å². The van der Waals surface area contributed by atoms with Crippen LogP contribution in [0.2, 0.25) is 0 Å². The normalized spacial score (nSPS) is 13.9. The summed E-state index contributed by atoms with van der Waals surface area (Å²) >= 11 is 0. The van der Waals surface area contributed by atoms with Gasteiger partial charge in [0.1, 0.15) is 0 Å². The van der Waals surface area contributed by atoms with Crippen LogP contribution in [0.15, 0.2) is 0 Å². The van der Waals surface area contributed by atoms with Crippen LogP contribution in [0.4, 0.5) is 0 Å². The Balaban J connectivity index is 0. The summed E-state index contributed by atoms with van der Waals surface area (Å²) in [6.45, 7) is 4.23. The van der Waals surface area contributed by atoms with Crippen LogP contribution in [-0.2, 0) is 10.1 Å². The summed E-state index contributed by atoms with van der Waals surface area (Å²) in [5.74, 6) is 0. The first kappa shape index (κ1) is 31.1. The van der Waals surface area contributed by atoms with E-state index in [0.29, 0.717) is 12.8 Å². The molecule has 6 heteroatoms. The van der Waals surface area contributed by atoms with Crippen molar-refractivity contribution in [3.05, 3.63) is 0 Å². The van der Waals surface area contributed by atoms with Gasteiger partial charge in [0, 0.05) is 5.25 Å². The van der Waals surface area contributed by atoms with E-state index in [4.69, 9.17) is 0 Å². The van der Waals surface area contributed by atoms with Gasteiger partial charge in [-0.3, -0.25) is 0 Å². The molecule has 0 saturated heterocycles. The second-order valence-electron chi connectivity index (χ2n) is 8.17. The Morgan fingerprint density at radius 3 is 1.43 bits per heavy atom. The van der Waals surface area contributed by atoms with Gasteiger partial charge in [-0.15, -0.1) is 0 Å². The van der Waals surface area contributed by atoms with E-state index in [1.54, 1.807) is 0 Å². The Bertz CT molecular complexity index is 415. The van der Waals surface area contributed by atoms with Crippen LogP contribution in [0.25, 0.3) is 0 Å². The molecule has 0 aliphatic carbocycles. The van der Waals surface area contributed by atoms with E-state index < -0.39 is 15.4 Å². The van der Waals surface area contributed by atoms with Crippen LogP contribution >= 0.6 is 0 Å². The second-order valence-corrected chi connectivity index (χ2v) is 9.82.